The van der Waals surface area contributed by atoms with Gasteiger partial charge in [-0.1, -0.05) is 123 Å². The second-order valence-corrected chi connectivity index (χ2v) is 22.7. The first-order valence-electron chi connectivity index (χ1n) is 28.7. The highest BCUT2D eigenvalue weighted by Gasteiger charge is 2.44. The predicted molar refractivity (Wildman–Crippen MR) is 329 cm³/mol. The van der Waals surface area contributed by atoms with Gasteiger partial charge in [0, 0.05) is 92.6 Å². The van der Waals surface area contributed by atoms with E-state index in [1.54, 1.807) is 0 Å². The smallest absolute Gasteiger partial charge is 0.305 e. The van der Waals surface area contributed by atoms with Gasteiger partial charge in [0.05, 0.1) is 28.2 Å². The number of carbonyl (C=O) groups excluding carboxylic acids is 1. The Morgan fingerprint density at radius 1 is 0.654 bits per heavy atom. The molecule has 3 aliphatic heterocycles. The van der Waals surface area contributed by atoms with Crippen LogP contribution in [0.15, 0.2) is 213 Å². The molecule has 11 rings (SSSR count). The summed E-state index contributed by atoms with van der Waals surface area (Å²) in [6, 6.07) is 49.5. The van der Waals surface area contributed by atoms with Crippen LogP contribution in [0, 0.1) is 0 Å². The first-order chi connectivity index (χ1) is 38.9. The van der Waals surface area contributed by atoms with Crippen molar-refractivity contribution in [3.05, 3.63) is 204 Å². The number of para-hydroxylation sites is 2. The molecule has 0 amide bonds. The predicted octanol–water partition coefficient (Wildman–Crippen LogP) is 14.8. The molecule has 0 radical (unpaired) electrons. The number of unbranched alkanes of at least 4 members (excludes halogenated alkanes) is 2. The number of allylic oxidation sites excluding steroid dienone is 7. The summed E-state index contributed by atoms with van der Waals surface area (Å²) in [7, 11) is 0. The molecule has 1 unspecified atom stereocenters. The van der Waals surface area contributed by atoms with Crippen molar-refractivity contribution < 1.29 is 38.1 Å². The summed E-state index contributed by atoms with van der Waals surface area (Å²) in [6.07, 6.45) is 15.6. The molecule has 0 saturated carbocycles. The largest absolute Gasteiger partial charge is 1.00 e. The monoisotopic (exact) mass is 1190 g/mol. The maximum atomic E-state index is 13.4. The van der Waals surface area contributed by atoms with E-state index in [1.807, 2.05) is 91.9 Å². The normalized spacial score (nSPS) is 19.0. The summed E-state index contributed by atoms with van der Waals surface area (Å²) in [6.45, 7) is 18.7. The van der Waals surface area contributed by atoms with Crippen LogP contribution in [-0.4, -0.2) is 48.2 Å². The van der Waals surface area contributed by atoms with Gasteiger partial charge in [0.1, 0.15) is 18.8 Å². The number of nitrogens with zero attached hydrogens (tertiary/aromatic N) is 6. The Balaban J connectivity index is 0.00000736. The van der Waals surface area contributed by atoms with Crippen molar-refractivity contribution in [3.63, 3.8) is 0 Å². The summed E-state index contributed by atoms with van der Waals surface area (Å²) in [5.74, 6) is -0.197. The standard InChI is InChI=1S/C69H73N9O2.HI/c1-8-77-60-34-19-17-31-53(60)67(3,4)62(77)43-37-47-24-22-25-48(38-44-63-68(5,6)54-32-18-20-35-61(54)78(63)9-2)66(47)70-45-21-11-14-36-64(79)80-46-69(7)71-58-33-23-30-52-57(41-42-59(72-69)65(52)58)76-75-56-40-39-55(50-28-15-16-29-51(50)56)74-73-49-26-12-10-13-27-49;/h10,12-13,15-20,23,26-35,37-44H,8-9,11,14,21-22,24-25,36,45-46H2,1-7H3,(H2,71,72,73,75);1H/b47-37+,62-43+;. The first-order valence-corrected chi connectivity index (χ1v) is 28.7. The Morgan fingerprint density at radius 3 is 2.04 bits per heavy atom. The number of ether oxygens (including phenoxy) is 1. The van der Waals surface area contributed by atoms with Crippen LogP contribution in [-0.2, 0) is 20.4 Å². The zero-order valence-electron chi connectivity index (χ0n) is 47.8. The molecule has 7 aromatic rings. The van der Waals surface area contributed by atoms with Crippen LogP contribution in [0.2, 0.25) is 0 Å². The van der Waals surface area contributed by atoms with Crippen LogP contribution in [0.3, 0.4) is 0 Å². The molecular formula is C69H74IN9O2. The highest BCUT2D eigenvalue weighted by atomic mass is 127. The van der Waals surface area contributed by atoms with Crippen LogP contribution in [0.5, 0.6) is 0 Å². The van der Waals surface area contributed by atoms with Gasteiger partial charge in [-0.05, 0) is 138 Å². The molecule has 0 saturated heterocycles. The maximum Gasteiger partial charge on any atom is 0.305 e. The number of rotatable bonds is 18. The second-order valence-electron chi connectivity index (χ2n) is 22.7. The zero-order valence-corrected chi connectivity index (χ0v) is 50.0. The van der Waals surface area contributed by atoms with Crippen LogP contribution in [0.4, 0.5) is 45.5 Å². The van der Waals surface area contributed by atoms with Gasteiger partial charge < -0.3 is 49.6 Å². The van der Waals surface area contributed by atoms with Crippen molar-refractivity contribution >= 4 is 78.7 Å². The number of fused-ring (bicyclic) bond motifs is 3. The Labute approximate surface area is 494 Å². The number of likely N-dealkylation sites (N-methyl/N-ethyl adjacent to an activating group) is 1. The molecule has 11 nitrogen and oxygen atoms in total. The third-order valence-electron chi connectivity index (χ3n) is 16.5. The molecule has 414 valence electrons. The summed E-state index contributed by atoms with van der Waals surface area (Å²) >= 11 is 0. The molecule has 0 bridgehead atoms. The first kappa shape index (κ1) is 56.6. The molecule has 3 N–H and O–H groups in total. The number of hydrogen-bond acceptors (Lipinski definition) is 10. The van der Waals surface area contributed by atoms with Gasteiger partial charge in [0.25, 0.3) is 0 Å². The molecule has 0 spiro atoms. The molecule has 3 heterocycles. The fraction of sp³-hybridized carbons (Fsp3) is 0.304. The lowest BCUT2D eigenvalue weighted by Gasteiger charge is -2.38. The number of hydrogen-bond donors (Lipinski definition) is 3. The van der Waals surface area contributed by atoms with Gasteiger partial charge in [-0.3, -0.25) is 4.79 Å². The van der Waals surface area contributed by atoms with Crippen LogP contribution in [0.25, 0.3) is 21.5 Å². The van der Waals surface area contributed by atoms with Crippen LogP contribution in [0.1, 0.15) is 105 Å². The van der Waals surface area contributed by atoms with E-state index in [1.165, 1.54) is 50.8 Å². The highest BCUT2D eigenvalue weighted by molar-refractivity contribution is 6.10. The van der Waals surface area contributed by atoms with Crippen LogP contribution >= 0.6 is 0 Å². The number of esters is 1. The lowest BCUT2D eigenvalue weighted by Crippen LogP contribution is -3.00. The minimum atomic E-state index is -0.722. The van der Waals surface area contributed by atoms with E-state index >= 15 is 0 Å². The Hall–Kier alpha value is -7.71. The molecule has 81 heavy (non-hydrogen) atoms. The van der Waals surface area contributed by atoms with Gasteiger partial charge in [0.15, 0.2) is 5.71 Å². The van der Waals surface area contributed by atoms with E-state index in [0.717, 1.165) is 114 Å². The zero-order chi connectivity index (χ0) is 55.4. The van der Waals surface area contributed by atoms with E-state index in [9.17, 15) is 4.79 Å². The number of carbonyl (C=O) groups is 1. The summed E-state index contributed by atoms with van der Waals surface area (Å²) in [5.41, 5.74) is 16.0. The van der Waals surface area contributed by atoms with Crippen molar-refractivity contribution in [2.75, 3.05) is 41.8 Å². The average Bonchev–Trinajstić information content (AvgIpc) is 3.94. The van der Waals surface area contributed by atoms with Crippen molar-refractivity contribution in [2.24, 2.45) is 20.5 Å². The molecule has 7 aromatic carbocycles. The van der Waals surface area contributed by atoms with Gasteiger partial charge >= 0.3 is 5.97 Å². The molecule has 0 fully saturated rings. The lowest BCUT2D eigenvalue weighted by atomic mass is 9.81. The number of benzene rings is 7. The van der Waals surface area contributed by atoms with E-state index in [-0.39, 0.29) is 47.4 Å². The number of anilines is 3. The van der Waals surface area contributed by atoms with E-state index in [0.29, 0.717) is 6.42 Å². The van der Waals surface area contributed by atoms with Crippen LogP contribution < -0.4 is 44.8 Å². The van der Waals surface area contributed by atoms with Crippen molar-refractivity contribution in [1.29, 1.82) is 0 Å². The number of halogens is 1. The lowest BCUT2D eigenvalue weighted by molar-refractivity contribution is -0.433. The maximum absolute atomic E-state index is 13.4. The summed E-state index contributed by atoms with van der Waals surface area (Å²) in [4.78, 5) is 15.9. The topological polar surface area (TPSA) is 118 Å². The van der Waals surface area contributed by atoms with Gasteiger partial charge in [-0.25, -0.2) is 0 Å². The van der Waals surface area contributed by atoms with Crippen molar-refractivity contribution in [1.82, 2.24) is 5.32 Å². The van der Waals surface area contributed by atoms with Crippen molar-refractivity contribution in [2.45, 2.75) is 110 Å². The Bertz CT molecular complexity index is 3720. The fourth-order valence-corrected chi connectivity index (χ4v) is 12.4. The minimum Gasteiger partial charge on any atom is -1.00 e. The van der Waals surface area contributed by atoms with Gasteiger partial charge in [-0.15, -0.1) is 15.3 Å². The Morgan fingerprint density at radius 2 is 1.30 bits per heavy atom. The summed E-state index contributed by atoms with van der Waals surface area (Å²) < 4.78 is 8.47. The highest BCUT2D eigenvalue weighted by Crippen LogP contribution is 2.48. The van der Waals surface area contributed by atoms with E-state index in [4.69, 9.17) is 15.0 Å². The average molecular weight is 1190 g/mol. The molecule has 4 aliphatic rings. The van der Waals surface area contributed by atoms with Gasteiger partial charge in [0.2, 0.25) is 5.69 Å². The second kappa shape index (κ2) is 24.2. The third-order valence-corrected chi connectivity index (χ3v) is 16.5. The molecule has 0 aromatic heterocycles. The molecular weight excluding hydrogens is 1110 g/mol. The number of nitrogens with one attached hydrogen (secondary N) is 3. The quantitative estimate of drug-likeness (QED) is 0.0259. The third kappa shape index (κ3) is 11.5. The SMILES string of the molecule is CCN1/C(=C/C=C2\CCCC(/C=C/C3=[N+](CC)c4ccccc4C3(C)C)=C2NCCCCCC(=O)OCC2(C)Nc3cccc4c(N=Nc5ccc(N=Nc6ccccc6)c6ccccc56)ccc(c34)N2)C(C)(C)c2ccccc21.[I-]. The Kier molecular flexibility index (Phi) is 16.9. The van der Waals surface area contributed by atoms with E-state index < -0.39 is 5.66 Å². The molecule has 1 aliphatic carbocycles. The van der Waals surface area contributed by atoms with Gasteiger partial charge in [-0.2, -0.15) is 9.69 Å². The fourth-order valence-electron chi connectivity index (χ4n) is 12.4. The van der Waals surface area contributed by atoms with E-state index in [2.05, 4.69) is 162 Å². The number of azo groups is 2. The van der Waals surface area contributed by atoms with Crippen molar-refractivity contribution in [3.8, 4) is 0 Å². The minimum absolute atomic E-state index is 0. The summed E-state index contributed by atoms with van der Waals surface area (Å²) in [5, 5.41) is 33.6. The molecule has 12 heteroatoms. The molecule has 1 atom stereocenters.